The van der Waals surface area contributed by atoms with E-state index in [0.29, 0.717) is 15.8 Å². The Labute approximate surface area is 128 Å². The first kappa shape index (κ1) is 14.5. The lowest BCUT2D eigenvalue weighted by Gasteiger charge is -2.16. The van der Waals surface area contributed by atoms with Gasteiger partial charge in [-0.3, -0.25) is 0 Å². The van der Waals surface area contributed by atoms with Gasteiger partial charge >= 0.3 is 0 Å². The van der Waals surface area contributed by atoms with Gasteiger partial charge in [-0.15, -0.1) is 11.6 Å². The van der Waals surface area contributed by atoms with E-state index < -0.39 is 0 Å². The van der Waals surface area contributed by atoms with Crippen molar-refractivity contribution in [2.75, 3.05) is 7.11 Å². The maximum Gasteiger partial charge on any atom is 0.120 e. The first-order valence-electron chi connectivity index (χ1n) is 5.77. The second kappa shape index (κ2) is 6.04. The lowest BCUT2D eigenvalue weighted by atomic mass is 10.00. The Kier molecular flexibility index (Phi) is 4.62. The standard InChI is InChI=1S/C15H13Cl3O/c1-9-11(4-3-5-13(9)16)15(18)12-7-6-10(19-2)8-14(12)17/h3-8,15H,1-2H3. The predicted molar refractivity (Wildman–Crippen MR) is 81.9 cm³/mol. The van der Waals surface area contributed by atoms with Crippen LogP contribution in [0.1, 0.15) is 22.1 Å². The maximum absolute atomic E-state index is 6.53. The molecule has 0 bridgehead atoms. The summed E-state index contributed by atoms with van der Waals surface area (Å²) in [6.07, 6.45) is 0. The molecule has 0 spiro atoms. The molecule has 2 aromatic carbocycles. The van der Waals surface area contributed by atoms with E-state index in [4.69, 9.17) is 39.5 Å². The minimum absolute atomic E-state index is 0.336. The van der Waals surface area contributed by atoms with Gasteiger partial charge in [-0.2, -0.15) is 0 Å². The van der Waals surface area contributed by atoms with Gasteiger partial charge in [0.1, 0.15) is 5.75 Å². The fourth-order valence-electron chi connectivity index (χ4n) is 1.91. The van der Waals surface area contributed by atoms with E-state index in [-0.39, 0.29) is 5.38 Å². The highest BCUT2D eigenvalue weighted by Gasteiger charge is 2.17. The van der Waals surface area contributed by atoms with Crippen LogP contribution in [0.2, 0.25) is 10.0 Å². The SMILES string of the molecule is COc1ccc(C(Cl)c2cccc(Cl)c2C)c(Cl)c1. The third kappa shape index (κ3) is 3.00. The predicted octanol–water partition coefficient (Wildman–Crippen LogP) is 5.64. The highest BCUT2D eigenvalue weighted by atomic mass is 35.5. The van der Waals surface area contributed by atoms with E-state index in [1.54, 1.807) is 13.2 Å². The average molecular weight is 316 g/mol. The van der Waals surface area contributed by atoms with Crippen molar-refractivity contribution in [1.29, 1.82) is 0 Å². The smallest absolute Gasteiger partial charge is 0.120 e. The zero-order chi connectivity index (χ0) is 14.0. The van der Waals surface area contributed by atoms with Gasteiger partial charge in [0.25, 0.3) is 0 Å². The lowest BCUT2D eigenvalue weighted by molar-refractivity contribution is 0.414. The van der Waals surface area contributed by atoms with Crippen LogP contribution in [0.15, 0.2) is 36.4 Å². The molecule has 4 heteroatoms. The summed E-state index contributed by atoms with van der Waals surface area (Å²) in [5, 5.41) is 0.948. The first-order valence-corrected chi connectivity index (χ1v) is 6.96. The van der Waals surface area contributed by atoms with E-state index in [1.165, 1.54) is 0 Å². The summed E-state index contributed by atoms with van der Waals surface area (Å²) in [6.45, 7) is 1.95. The van der Waals surface area contributed by atoms with Crippen LogP contribution in [0, 0.1) is 6.92 Å². The topological polar surface area (TPSA) is 9.23 Å². The van der Waals surface area contributed by atoms with Crippen molar-refractivity contribution in [3.63, 3.8) is 0 Å². The van der Waals surface area contributed by atoms with E-state index in [0.717, 1.165) is 16.7 Å². The van der Waals surface area contributed by atoms with Crippen LogP contribution in [0.3, 0.4) is 0 Å². The molecule has 1 unspecified atom stereocenters. The normalized spacial score (nSPS) is 12.3. The summed E-state index contributed by atoms with van der Waals surface area (Å²) in [5.41, 5.74) is 2.77. The maximum atomic E-state index is 6.53. The van der Waals surface area contributed by atoms with Crippen molar-refractivity contribution in [3.05, 3.63) is 63.1 Å². The Morgan fingerprint density at radius 2 is 1.74 bits per heavy atom. The molecule has 100 valence electrons. The fraction of sp³-hybridized carbons (Fsp3) is 0.200. The van der Waals surface area contributed by atoms with Gasteiger partial charge in [-0.1, -0.05) is 41.4 Å². The molecule has 0 aromatic heterocycles. The third-order valence-electron chi connectivity index (χ3n) is 3.06. The Morgan fingerprint density at radius 3 is 2.37 bits per heavy atom. The number of ether oxygens (including phenoxy) is 1. The molecule has 1 nitrogen and oxygen atoms in total. The molecular formula is C15H13Cl3O. The molecule has 0 amide bonds. The second-order valence-corrected chi connectivity index (χ2v) is 5.45. The number of methoxy groups -OCH3 is 1. The van der Waals surface area contributed by atoms with Crippen molar-refractivity contribution >= 4 is 34.8 Å². The minimum Gasteiger partial charge on any atom is -0.497 e. The molecule has 2 aromatic rings. The monoisotopic (exact) mass is 314 g/mol. The van der Waals surface area contributed by atoms with Gasteiger partial charge in [-0.05, 0) is 41.8 Å². The van der Waals surface area contributed by atoms with Crippen molar-refractivity contribution in [2.45, 2.75) is 12.3 Å². The fourth-order valence-corrected chi connectivity index (χ4v) is 2.85. The van der Waals surface area contributed by atoms with Crippen LogP contribution in [-0.2, 0) is 0 Å². The largest absolute Gasteiger partial charge is 0.497 e. The first-order chi connectivity index (χ1) is 9.04. The van der Waals surface area contributed by atoms with Crippen LogP contribution < -0.4 is 4.74 Å². The summed E-state index contributed by atoms with van der Waals surface area (Å²) < 4.78 is 5.13. The molecule has 0 aliphatic rings. The molecule has 0 aliphatic heterocycles. The van der Waals surface area contributed by atoms with Crippen molar-refractivity contribution in [1.82, 2.24) is 0 Å². The van der Waals surface area contributed by atoms with Crippen LogP contribution in [0.4, 0.5) is 0 Å². The highest BCUT2D eigenvalue weighted by molar-refractivity contribution is 6.33. The number of rotatable bonds is 3. The van der Waals surface area contributed by atoms with Crippen LogP contribution in [-0.4, -0.2) is 7.11 Å². The second-order valence-electron chi connectivity index (χ2n) is 4.20. The van der Waals surface area contributed by atoms with E-state index >= 15 is 0 Å². The van der Waals surface area contributed by atoms with Gasteiger partial charge in [-0.25, -0.2) is 0 Å². The minimum atomic E-state index is -0.336. The number of benzene rings is 2. The number of alkyl halides is 1. The van der Waals surface area contributed by atoms with Gasteiger partial charge in [0.15, 0.2) is 0 Å². The molecule has 0 saturated carbocycles. The van der Waals surface area contributed by atoms with E-state index in [2.05, 4.69) is 0 Å². The van der Waals surface area contributed by atoms with E-state index in [9.17, 15) is 0 Å². The summed E-state index contributed by atoms with van der Waals surface area (Å²) >= 11 is 18.9. The van der Waals surface area contributed by atoms with Crippen LogP contribution in [0.5, 0.6) is 5.75 Å². The average Bonchev–Trinajstić information content (AvgIpc) is 2.41. The Bertz CT molecular complexity index is 596. The van der Waals surface area contributed by atoms with Gasteiger partial charge < -0.3 is 4.74 Å². The molecule has 19 heavy (non-hydrogen) atoms. The number of halogens is 3. The molecular weight excluding hydrogens is 303 g/mol. The van der Waals surface area contributed by atoms with Crippen molar-refractivity contribution in [2.24, 2.45) is 0 Å². The molecule has 0 aliphatic carbocycles. The van der Waals surface area contributed by atoms with Crippen molar-refractivity contribution < 1.29 is 4.74 Å². The highest BCUT2D eigenvalue weighted by Crippen LogP contribution is 2.38. The molecule has 0 N–H and O–H groups in total. The molecule has 1 atom stereocenters. The number of hydrogen-bond acceptors (Lipinski definition) is 1. The Hall–Kier alpha value is -0.890. The quantitative estimate of drug-likeness (QED) is 0.666. The van der Waals surface area contributed by atoms with Crippen LogP contribution in [0.25, 0.3) is 0 Å². The molecule has 0 saturated heterocycles. The summed E-state index contributed by atoms with van der Waals surface area (Å²) in [7, 11) is 1.60. The number of hydrogen-bond donors (Lipinski definition) is 0. The van der Waals surface area contributed by atoms with Gasteiger partial charge in [0, 0.05) is 10.0 Å². The van der Waals surface area contributed by atoms with Gasteiger partial charge in [0.2, 0.25) is 0 Å². The lowest BCUT2D eigenvalue weighted by Crippen LogP contribution is -1.98. The van der Waals surface area contributed by atoms with Gasteiger partial charge in [0.05, 0.1) is 12.5 Å². The molecule has 0 radical (unpaired) electrons. The molecule has 2 rings (SSSR count). The molecule has 0 fully saturated rings. The molecule has 0 heterocycles. The third-order valence-corrected chi connectivity index (χ3v) is 4.27. The summed E-state index contributed by atoms with van der Waals surface area (Å²) in [4.78, 5) is 0. The summed E-state index contributed by atoms with van der Waals surface area (Å²) in [5.74, 6) is 0.709. The summed E-state index contributed by atoms with van der Waals surface area (Å²) in [6, 6.07) is 11.2. The van der Waals surface area contributed by atoms with E-state index in [1.807, 2.05) is 37.3 Å². The zero-order valence-corrected chi connectivity index (χ0v) is 12.9. The Balaban J connectivity index is 2.44. The Morgan fingerprint density at radius 1 is 1.00 bits per heavy atom. The van der Waals surface area contributed by atoms with Crippen LogP contribution >= 0.6 is 34.8 Å². The van der Waals surface area contributed by atoms with Crippen molar-refractivity contribution in [3.8, 4) is 5.75 Å². The zero-order valence-electron chi connectivity index (χ0n) is 10.6.